The molecule has 5 heteroatoms. The van der Waals surface area contributed by atoms with E-state index in [9.17, 15) is 8.42 Å². The molecule has 3 fully saturated rings. The van der Waals surface area contributed by atoms with E-state index in [1.54, 1.807) is 0 Å². The first-order chi connectivity index (χ1) is 6.62. The van der Waals surface area contributed by atoms with Gasteiger partial charge in [0.15, 0.2) is 15.3 Å². The van der Waals surface area contributed by atoms with E-state index in [4.69, 9.17) is 4.84 Å². The molecule has 0 radical (unpaired) electrons. The Morgan fingerprint density at radius 2 is 2.00 bits per heavy atom. The van der Waals surface area contributed by atoms with E-state index in [1.165, 1.54) is 12.8 Å². The van der Waals surface area contributed by atoms with Crippen molar-refractivity contribution in [2.75, 3.05) is 12.3 Å². The van der Waals surface area contributed by atoms with Crippen LogP contribution in [0.4, 0.5) is 0 Å². The molecule has 0 aromatic heterocycles. The van der Waals surface area contributed by atoms with Crippen LogP contribution in [0.1, 0.15) is 32.1 Å². The molecule has 2 aliphatic heterocycles. The summed E-state index contributed by atoms with van der Waals surface area (Å²) in [6, 6.07) is 0. The fraction of sp³-hybridized carbons (Fsp3) is 1.00. The van der Waals surface area contributed by atoms with Crippen molar-refractivity contribution in [3.05, 3.63) is 0 Å². The second kappa shape index (κ2) is 2.71. The predicted molar refractivity (Wildman–Crippen MR) is 51.2 cm³/mol. The number of hydrogen-bond acceptors (Lipinski definition) is 4. The number of sulfone groups is 1. The van der Waals surface area contributed by atoms with Crippen molar-refractivity contribution in [3.63, 3.8) is 0 Å². The number of hydroxylamine groups is 2. The van der Waals surface area contributed by atoms with Crippen molar-refractivity contribution < 1.29 is 13.3 Å². The van der Waals surface area contributed by atoms with Gasteiger partial charge in [-0.25, -0.2) is 8.42 Å². The average molecular weight is 217 g/mol. The zero-order valence-electron chi connectivity index (χ0n) is 8.11. The quantitative estimate of drug-likeness (QED) is 0.599. The maximum atomic E-state index is 11.6. The minimum atomic E-state index is -2.96. The first-order valence-corrected chi connectivity index (χ1v) is 7.00. The van der Waals surface area contributed by atoms with E-state index < -0.39 is 15.3 Å². The number of nitrogens with zero attached hydrogens (tertiary/aromatic N) is 1. The van der Waals surface area contributed by atoms with Crippen LogP contribution in [0.2, 0.25) is 0 Å². The fourth-order valence-corrected chi connectivity index (χ4v) is 4.50. The van der Waals surface area contributed by atoms with Crippen LogP contribution < -0.4 is 0 Å². The van der Waals surface area contributed by atoms with Gasteiger partial charge in [0.25, 0.3) is 0 Å². The molecule has 80 valence electrons. The first-order valence-electron chi connectivity index (χ1n) is 5.28. The van der Waals surface area contributed by atoms with Gasteiger partial charge < -0.3 is 0 Å². The molecule has 3 rings (SSSR count). The molecule has 2 unspecified atom stereocenters. The molecule has 1 saturated carbocycles. The lowest BCUT2D eigenvalue weighted by Crippen LogP contribution is -2.44. The summed E-state index contributed by atoms with van der Waals surface area (Å²) >= 11 is 0. The minimum Gasteiger partial charge on any atom is -0.279 e. The van der Waals surface area contributed by atoms with Gasteiger partial charge in [0, 0.05) is 18.5 Å². The van der Waals surface area contributed by atoms with E-state index in [2.05, 4.69) is 0 Å². The van der Waals surface area contributed by atoms with Gasteiger partial charge in [-0.2, -0.15) is 5.06 Å². The molecule has 4 nitrogen and oxygen atoms in total. The summed E-state index contributed by atoms with van der Waals surface area (Å²) in [7, 11) is -2.96. The largest absolute Gasteiger partial charge is 0.279 e. The van der Waals surface area contributed by atoms with Gasteiger partial charge in [0.05, 0.1) is 5.75 Å². The van der Waals surface area contributed by atoms with Gasteiger partial charge in [-0.05, 0) is 12.8 Å². The summed E-state index contributed by atoms with van der Waals surface area (Å²) < 4.78 is 23.3. The van der Waals surface area contributed by atoms with Crippen molar-refractivity contribution in [2.45, 2.75) is 43.1 Å². The summed E-state index contributed by atoms with van der Waals surface area (Å²) in [5.74, 6) is 0.277. The third-order valence-corrected chi connectivity index (χ3v) is 5.64. The van der Waals surface area contributed by atoms with E-state index in [-0.39, 0.29) is 11.3 Å². The summed E-state index contributed by atoms with van der Waals surface area (Å²) in [6.45, 7) is 0.568. The topological polar surface area (TPSA) is 46.6 Å². The molecule has 3 aliphatic rings. The third-order valence-electron chi connectivity index (χ3n) is 3.83. The minimum absolute atomic E-state index is 0.0776. The molecule has 2 saturated heterocycles. The Morgan fingerprint density at radius 1 is 1.29 bits per heavy atom. The van der Waals surface area contributed by atoms with Crippen molar-refractivity contribution >= 4 is 9.84 Å². The third kappa shape index (κ3) is 1.09. The van der Waals surface area contributed by atoms with Crippen molar-refractivity contribution in [2.24, 2.45) is 0 Å². The average Bonchev–Trinajstić information content (AvgIpc) is 2.70. The SMILES string of the molecule is O=S1(=O)CCN2OC1CC21CCCC1. The van der Waals surface area contributed by atoms with Crippen LogP contribution in [-0.2, 0) is 14.7 Å². The molecule has 1 spiro atoms. The van der Waals surface area contributed by atoms with E-state index >= 15 is 0 Å². The van der Waals surface area contributed by atoms with Gasteiger partial charge in [0.2, 0.25) is 0 Å². The van der Waals surface area contributed by atoms with E-state index in [0.29, 0.717) is 13.0 Å². The lowest BCUT2D eigenvalue weighted by molar-refractivity contribution is -0.172. The van der Waals surface area contributed by atoms with Gasteiger partial charge in [-0.3, -0.25) is 4.84 Å². The highest BCUT2D eigenvalue weighted by Gasteiger charge is 2.55. The summed E-state index contributed by atoms with van der Waals surface area (Å²) in [5, 5.41) is 1.96. The molecule has 0 aromatic rings. The molecule has 2 bridgehead atoms. The number of hydrogen-bond donors (Lipinski definition) is 0. The van der Waals surface area contributed by atoms with Crippen molar-refractivity contribution in [1.29, 1.82) is 0 Å². The highest BCUT2D eigenvalue weighted by Crippen LogP contribution is 2.47. The normalized spacial score (nSPS) is 43.1. The van der Waals surface area contributed by atoms with Gasteiger partial charge in [-0.15, -0.1) is 0 Å². The molecular weight excluding hydrogens is 202 g/mol. The van der Waals surface area contributed by atoms with E-state index in [0.717, 1.165) is 12.8 Å². The van der Waals surface area contributed by atoms with Crippen molar-refractivity contribution in [3.8, 4) is 0 Å². The van der Waals surface area contributed by atoms with Crippen LogP contribution >= 0.6 is 0 Å². The number of fused-ring (bicyclic) bond motifs is 3. The second-order valence-electron chi connectivity index (χ2n) is 4.64. The Bertz CT molecular complexity index is 345. The highest BCUT2D eigenvalue weighted by atomic mass is 32.2. The lowest BCUT2D eigenvalue weighted by Gasteiger charge is -2.32. The zero-order chi connectivity index (χ0) is 9.81. The molecule has 1 aliphatic carbocycles. The highest BCUT2D eigenvalue weighted by molar-refractivity contribution is 7.91. The standard InChI is InChI=1S/C9H15NO3S/c11-14(12)6-5-10-9(3-1-2-4-9)7-8(14)13-10/h8H,1-7H2. The molecule has 2 heterocycles. The Morgan fingerprint density at radius 3 is 2.64 bits per heavy atom. The Labute approximate surface area is 84.1 Å². The maximum Gasteiger partial charge on any atom is 0.182 e. The number of rotatable bonds is 0. The summed E-state index contributed by atoms with van der Waals surface area (Å²) in [5.41, 5.74) is -0.455. The zero-order valence-corrected chi connectivity index (χ0v) is 8.92. The van der Waals surface area contributed by atoms with Crippen LogP contribution in [-0.4, -0.2) is 36.8 Å². The van der Waals surface area contributed by atoms with Crippen molar-refractivity contribution in [1.82, 2.24) is 5.06 Å². The van der Waals surface area contributed by atoms with Gasteiger partial charge >= 0.3 is 0 Å². The van der Waals surface area contributed by atoms with Gasteiger partial charge in [-0.1, -0.05) is 12.8 Å². The van der Waals surface area contributed by atoms with E-state index in [1.807, 2.05) is 5.06 Å². The molecule has 14 heavy (non-hydrogen) atoms. The Kier molecular flexibility index (Phi) is 1.77. The Hall–Kier alpha value is -0.130. The molecule has 0 aromatic carbocycles. The van der Waals surface area contributed by atoms with Crippen LogP contribution in [0, 0.1) is 0 Å². The summed E-state index contributed by atoms with van der Waals surface area (Å²) in [6.07, 6.45) is 5.35. The molecular formula is C9H15NO3S. The lowest BCUT2D eigenvalue weighted by atomic mass is 9.94. The molecule has 0 amide bonds. The van der Waals surface area contributed by atoms with Crippen LogP contribution in [0.3, 0.4) is 0 Å². The van der Waals surface area contributed by atoms with Gasteiger partial charge in [0.1, 0.15) is 0 Å². The monoisotopic (exact) mass is 217 g/mol. The first kappa shape index (κ1) is 9.12. The molecule has 0 N–H and O–H groups in total. The predicted octanol–water partition coefficient (Wildman–Crippen LogP) is 0.691. The van der Waals surface area contributed by atoms with Crippen LogP contribution in [0.25, 0.3) is 0 Å². The van der Waals surface area contributed by atoms with Crippen LogP contribution in [0.15, 0.2) is 0 Å². The maximum absolute atomic E-state index is 11.6. The van der Waals surface area contributed by atoms with Crippen LogP contribution in [0.5, 0.6) is 0 Å². The smallest absolute Gasteiger partial charge is 0.182 e. The fourth-order valence-electron chi connectivity index (χ4n) is 3.01. The molecule has 2 atom stereocenters. The second-order valence-corrected chi connectivity index (χ2v) is 6.90. The summed E-state index contributed by atoms with van der Waals surface area (Å²) in [4.78, 5) is 5.50. The Balaban J connectivity index is 1.94.